The molecule has 0 fully saturated rings. The van der Waals surface area contributed by atoms with Gasteiger partial charge in [-0.15, -0.1) is 0 Å². The minimum absolute atomic E-state index is 0.324. The van der Waals surface area contributed by atoms with E-state index in [-0.39, 0.29) is 0 Å². The van der Waals surface area contributed by atoms with E-state index >= 15 is 0 Å². The number of rotatable bonds is 2. The van der Waals surface area contributed by atoms with E-state index in [2.05, 4.69) is 42.2 Å². The standard InChI is InChI=1S/C12H7Br2F3N2/c13-8-5-10(14)11(18-6-8)19-9-3-1-2-7(4-9)12(15,16)17/h1-6H,(H,18,19). The van der Waals surface area contributed by atoms with Gasteiger partial charge in [0.25, 0.3) is 0 Å². The molecular weight excluding hydrogens is 389 g/mol. The number of hydrogen-bond donors (Lipinski definition) is 1. The fraction of sp³-hybridized carbons (Fsp3) is 0.0833. The second kappa shape index (κ2) is 5.50. The number of nitrogens with zero attached hydrogens (tertiary/aromatic N) is 1. The molecule has 0 radical (unpaired) electrons. The molecule has 0 aliphatic carbocycles. The van der Waals surface area contributed by atoms with E-state index in [4.69, 9.17) is 0 Å². The molecule has 0 atom stereocenters. The maximum Gasteiger partial charge on any atom is 0.416 e. The predicted octanol–water partition coefficient (Wildman–Crippen LogP) is 5.37. The SMILES string of the molecule is FC(F)(F)c1cccc(Nc2ncc(Br)cc2Br)c1. The van der Waals surface area contributed by atoms with Crippen molar-refractivity contribution in [1.29, 1.82) is 0 Å². The topological polar surface area (TPSA) is 24.9 Å². The van der Waals surface area contributed by atoms with Gasteiger partial charge in [-0.25, -0.2) is 4.98 Å². The van der Waals surface area contributed by atoms with Crippen LogP contribution in [-0.2, 0) is 6.18 Å². The van der Waals surface area contributed by atoms with E-state index in [1.54, 1.807) is 18.3 Å². The summed E-state index contributed by atoms with van der Waals surface area (Å²) < 4.78 is 39.2. The van der Waals surface area contributed by atoms with Crippen LogP contribution in [0.25, 0.3) is 0 Å². The van der Waals surface area contributed by atoms with Gasteiger partial charge in [0.2, 0.25) is 0 Å². The van der Waals surface area contributed by atoms with Gasteiger partial charge in [-0.2, -0.15) is 13.2 Å². The van der Waals surface area contributed by atoms with Gasteiger partial charge in [0.05, 0.1) is 10.0 Å². The highest BCUT2D eigenvalue weighted by atomic mass is 79.9. The maximum absolute atomic E-state index is 12.6. The number of halogens is 5. The average molecular weight is 396 g/mol. The lowest BCUT2D eigenvalue weighted by Crippen LogP contribution is -2.05. The van der Waals surface area contributed by atoms with Crippen LogP contribution in [0.2, 0.25) is 0 Å². The van der Waals surface area contributed by atoms with Gasteiger partial charge < -0.3 is 5.32 Å². The molecule has 0 saturated carbocycles. The lowest BCUT2D eigenvalue weighted by atomic mass is 10.2. The average Bonchev–Trinajstić information content (AvgIpc) is 2.32. The Morgan fingerprint density at radius 1 is 1.11 bits per heavy atom. The zero-order valence-corrected chi connectivity index (χ0v) is 12.5. The molecule has 2 rings (SSSR count). The van der Waals surface area contributed by atoms with Crippen LogP contribution in [0.5, 0.6) is 0 Å². The summed E-state index contributed by atoms with van der Waals surface area (Å²) in [6.07, 6.45) is -2.80. The summed E-state index contributed by atoms with van der Waals surface area (Å²) in [4.78, 5) is 4.08. The largest absolute Gasteiger partial charge is 0.416 e. The van der Waals surface area contributed by atoms with Crippen molar-refractivity contribution in [2.75, 3.05) is 5.32 Å². The number of nitrogens with one attached hydrogen (secondary N) is 1. The molecule has 2 nitrogen and oxygen atoms in total. The van der Waals surface area contributed by atoms with Gasteiger partial charge in [0.1, 0.15) is 5.82 Å². The van der Waals surface area contributed by atoms with Gasteiger partial charge in [-0.05, 0) is 56.1 Å². The molecule has 0 saturated heterocycles. The molecule has 0 aliphatic heterocycles. The molecule has 2 aromatic rings. The number of anilines is 2. The molecule has 1 aromatic carbocycles. The third-order valence-corrected chi connectivity index (χ3v) is 3.30. The minimum atomic E-state index is -4.36. The van der Waals surface area contributed by atoms with Crippen LogP contribution in [0.4, 0.5) is 24.7 Å². The number of hydrogen-bond acceptors (Lipinski definition) is 2. The zero-order chi connectivity index (χ0) is 14.0. The number of alkyl halides is 3. The van der Waals surface area contributed by atoms with Crippen molar-refractivity contribution in [2.45, 2.75) is 6.18 Å². The van der Waals surface area contributed by atoms with Crippen molar-refractivity contribution in [1.82, 2.24) is 4.98 Å². The highest BCUT2D eigenvalue weighted by Crippen LogP contribution is 2.32. The van der Waals surface area contributed by atoms with Gasteiger partial charge >= 0.3 is 6.18 Å². The fourth-order valence-corrected chi connectivity index (χ4v) is 2.50. The first-order chi connectivity index (χ1) is 8.86. The van der Waals surface area contributed by atoms with Crippen molar-refractivity contribution in [3.8, 4) is 0 Å². The molecule has 19 heavy (non-hydrogen) atoms. The van der Waals surface area contributed by atoms with E-state index in [1.807, 2.05) is 0 Å². The van der Waals surface area contributed by atoms with Crippen LogP contribution in [0.1, 0.15) is 5.56 Å². The summed E-state index contributed by atoms with van der Waals surface area (Å²) in [6, 6.07) is 6.71. The molecular formula is C12H7Br2F3N2. The number of pyridine rings is 1. The first-order valence-electron chi connectivity index (χ1n) is 5.11. The molecule has 1 N–H and O–H groups in total. The van der Waals surface area contributed by atoms with Crippen molar-refractivity contribution >= 4 is 43.4 Å². The smallest absolute Gasteiger partial charge is 0.339 e. The monoisotopic (exact) mass is 394 g/mol. The molecule has 0 aliphatic rings. The van der Waals surface area contributed by atoms with Crippen LogP contribution in [0.15, 0.2) is 45.5 Å². The summed E-state index contributed by atoms with van der Waals surface area (Å²) in [5, 5.41) is 2.83. The second-order valence-corrected chi connectivity index (χ2v) is 5.46. The lowest BCUT2D eigenvalue weighted by Gasteiger charge is -2.11. The van der Waals surface area contributed by atoms with Gasteiger partial charge in [-0.1, -0.05) is 6.07 Å². The van der Waals surface area contributed by atoms with E-state index in [1.165, 1.54) is 6.07 Å². The highest BCUT2D eigenvalue weighted by Gasteiger charge is 2.30. The van der Waals surface area contributed by atoms with Crippen LogP contribution in [0, 0.1) is 0 Å². The van der Waals surface area contributed by atoms with Crippen molar-refractivity contribution < 1.29 is 13.2 Å². The third-order valence-electron chi connectivity index (χ3n) is 2.26. The molecule has 0 bridgehead atoms. The Labute approximate surface area is 124 Å². The Kier molecular flexibility index (Phi) is 4.15. The quantitative estimate of drug-likeness (QED) is 0.739. The second-order valence-electron chi connectivity index (χ2n) is 3.69. The first-order valence-corrected chi connectivity index (χ1v) is 6.70. The maximum atomic E-state index is 12.6. The highest BCUT2D eigenvalue weighted by molar-refractivity contribution is 9.11. The first kappa shape index (κ1) is 14.3. The third kappa shape index (κ3) is 3.70. The van der Waals surface area contributed by atoms with Crippen LogP contribution >= 0.6 is 31.9 Å². The Morgan fingerprint density at radius 3 is 2.47 bits per heavy atom. The zero-order valence-electron chi connectivity index (χ0n) is 9.30. The Bertz CT molecular complexity index is 600. The van der Waals surface area contributed by atoms with Gasteiger partial charge in [-0.3, -0.25) is 0 Å². The van der Waals surface area contributed by atoms with Crippen molar-refractivity contribution in [3.05, 3.63) is 51.0 Å². The van der Waals surface area contributed by atoms with E-state index < -0.39 is 11.7 Å². The number of aromatic nitrogens is 1. The van der Waals surface area contributed by atoms with Gasteiger partial charge in [0.15, 0.2) is 0 Å². The summed E-state index contributed by atoms with van der Waals surface area (Å²) in [5.74, 6) is 0.447. The van der Waals surface area contributed by atoms with Gasteiger partial charge in [0, 0.05) is 16.4 Å². The normalized spacial score (nSPS) is 11.4. The summed E-state index contributed by atoms with van der Waals surface area (Å²) >= 11 is 6.54. The van der Waals surface area contributed by atoms with Crippen molar-refractivity contribution in [2.24, 2.45) is 0 Å². The molecule has 1 aromatic heterocycles. The Morgan fingerprint density at radius 2 is 1.84 bits per heavy atom. The number of benzene rings is 1. The summed E-state index contributed by atoms with van der Waals surface area (Å²) in [6.45, 7) is 0. The fourth-order valence-electron chi connectivity index (χ4n) is 1.42. The molecule has 100 valence electrons. The van der Waals surface area contributed by atoms with E-state index in [9.17, 15) is 13.2 Å². The van der Waals surface area contributed by atoms with E-state index in [0.717, 1.165) is 16.6 Å². The van der Waals surface area contributed by atoms with Crippen LogP contribution < -0.4 is 5.32 Å². The Balaban J connectivity index is 2.29. The van der Waals surface area contributed by atoms with Crippen LogP contribution in [0.3, 0.4) is 0 Å². The van der Waals surface area contributed by atoms with E-state index in [0.29, 0.717) is 16.0 Å². The summed E-state index contributed by atoms with van der Waals surface area (Å²) in [7, 11) is 0. The molecule has 1 heterocycles. The molecule has 7 heteroatoms. The molecule has 0 spiro atoms. The summed E-state index contributed by atoms with van der Waals surface area (Å²) in [5.41, 5.74) is -0.379. The lowest BCUT2D eigenvalue weighted by molar-refractivity contribution is -0.137. The molecule has 0 amide bonds. The minimum Gasteiger partial charge on any atom is -0.339 e. The molecule has 0 unspecified atom stereocenters. The Hall–Kier alpha value is -1.08. The van der Waals surface area contributed by atoms with Crippen LogP contribution in [-0.4, -0.2) is 4.98 Å². The van der Waals surface area contributed by atoms with Crippen molar-refractivity contribution in [3.63, 3.8) is 0 Å². The predicted molar refractivity (Wildman–Crippen MR) is 74.4 cm³/mol.